The fraction of sp³-hybridized carbons (Fsp3) is 0.857. The maximum Gasteiger partial charge on any atom is 1.00 e. The van der Waals surface area contributed by atoms with Crippen molar-refractivity contribution in [1.82, 2.24) is 20.2 Å². The topological polar surface area (TPSA) is 129 Å². The minimum absolute atomic E-state index is 0. The molecule has 0 aromatic rings. The zero-order chi connectivity index (χ0) is 17.1. The molecule has 4 aliphatic rings. The molecule has 10 nitrogen and oxygen atoms in total. The molecule has 0 unspecified atom stereocenters. The van der Waals surface area contributed by atoms with Crippen LogP contribution in [0.3, 0.4) is 0 Å². The predicted octanol–water partition coefficient (Wildman–Crippen LogP) is -3.55. The zero-order valence-corrected chi connectivity index (χ0v) is 17.7. The van der Waals surface area contributed by atoms with Crippen LogP contribution in [0.4, 0.5) is 4.79 Å². The molecule has 0 aromatic carbocycles. The average molecular weight is 397 g/mol. The first-order valence-electron chi connectivity index (χ1n) is 8.23. The van der Waals surface area contributed by atoms with Gasteiger partial charge in [-0.2, -0.15) is 0 Å². The van der Waals surface area contributed by atoms with Crippen molar-refractivity contribution in [2.24, 2.45) is 5.41 Å². The first-order valence-corrected chi connectivity index (χ1v) is 9.23. The molecule has 2 atom stereocenters. The Morgan fingerprint density at radius 3 is 2.50 bits per heavy atom. The molecule has 1 spiro atoms. The van der Waals surface area contributed by atoms with E-state index < -0.39 is 23.1 Å². The summed E-state index contributed by atoms with van der Waals surface area (Å²) in [6.45, 7) is 2.51. The number of carbonyl (C=O) groups excluding carboxylic acids is 2. The van der Waals surface area contributed by atoms with Gasteiger partial charge in [0.15, 0.2) is 0 Å². The molecular formula is C14H22N4NaO6S-. The number of hydroxylamine groups is 2. The molecule has 3 heterocycles. The largest absolute Gasteiger partial charge is 1.00 e. The number of rotatable bonds is 4. The quantitative estimate of drug-likeness (QED) is 0.384. The molecular weight excluding hydrogens is 375 g/mol. The summed E-state index contributed by atoms with van der Waals surface area (Å²) in [6, 6.07) is -1.21. The maximum atomic E-state index is 12.5. The molecule has 0 radical (unpaired) electrons. The number of nitrogens with one attached hydrogen (secondary N) is 1. The van der Waals surface area contributed by atoms with Gasteiger partial charge in [0.2, 0.25) is 5.91 Å². The van der Waals surface area contributed by atoms with Gasteiger partial charge in [0, 0.05) is 25.7 Å². The van der Waals surface area contributed by atoms with Crippen molar-refractivity contribution in [2.45, 2.75) is 43.8 Å². The number of nitrogens with zero attached hydrogens (tertiary/aromatic N) is 3. The van der Waals surface area contributed by atoms with E-state index in [0.717, 1.165) is 31.0 Å². The first-order chi connectivity index (χ1) is 11.4. The third-order valence-corrected chi connectivity index (χ3v) is 5.96. The minimum Gasteiger partial charge on any atom is -0.870 e. The van der Waals surface area contributed by atoms with Crippen molar-refractivity contribution in [3.8, 4) is 0 Å². The molecule has 2 bridgehead atoms. The van der Waals surface area contributed by atoms with E-state index in [1.54, 1.807) is 0 Å². The minimum atomic E-state index is -2.79. The number of hydrogen-bond acceptors (Lipinski definition) is 8. The molecule has 1 aliphatic carbocycles. The second-order valence-electron chi connectivity index (χ2n) is 7.57. The summed E-state index contributed by atoms with van der Waals surface area (Å²) in [5, 5.41) is 3.92. The second-order valence-corrected chi connectivity index (χ2v) is 8.13. The standard InChI is InChI=1S/C14H21N4O5S.Na.H2O/c1-16-7-14(8-16)4-9(5-14)15-12(19)11-3-2-10-6-17(11)13(20)18(10)23-24(21)22;;/h9-11H,2-8H2,1H3,(H,15,19);;1H2/q-1;+1;/p-1/t10-,11+;;/m1../s1. The predicted molar refractivity (Wildman–Crippen MR) is 83.6 cm³/mol. The summed E-state index contributed by atoms with van der Waals surface area (Å²) in [7, 11) is -0.697. The molecule has 4 rings (SSSR count). The van der Waals surface area contributed by atoms with Crippen LogP contribution >= 0.6 is 0 Å². The second kappa shape index (κ2) is 7.90. The van der Waals surface area contributed by atoms with Crippen molar-refractivity contribution in [1.29, 1.82) is 0 Å². The van der Waals surface area contributed by atoms with Gasteiger partial charge < -0.3 is 33.3 Å². The Labute approximate surface area is 175 Å². The van der Waals surface area contributed by atoms with Crippen molar-refractivity contribution in [3.63, 3.8) is 0 Å². The van der Waals surface area contributed by atoms with E-state index in [4.69, 9.17) is 0 Å². The number of hydrogen-bond donors (Lipinski definition) is 1. The Hall–Kier alpha value is -0.430. The summed E-state index contributed by atoms with van der Waals surface area (Å²) in [5.74, 6) is -0.139. The Kier molecular flexibility index (Phi) is 6.64. The molecule has 12 heteroatoms. The van der Waals surface area contributed by atoms with E-state index in [9.17, 15) is 18.0 Å². The van der Waals surface area contributed by atoms with E-state index in [-0.39, 0.29) is 53.0 Å². The Bertz CT molecular complexity index is 639. The summed E-state index contributed by atoms with van der Waals surface area (Å²) < 4.78 is 26.0. The van der Waals surface area contributed by atoms with Gasteiger partial charge in [-0.25, -0.2) is 9.86 Å². The van der Waals surface area contributed by atoms with Crippen molar-refractivity contribution in [3.05, 3.63) is 0 Å². The van der Waals surface area contributed by atoms with E-state index in [1.807, 2.05) is 0 Å². The van der Waals surface area contributed by atoms with Crippen LogP contribution in [-0.4, -0.2) is 77.1 Å². The number of amides is 3. The molecule has 0 aromatic heterocycles. The van der Waals surface area contributed by atoms with Gasteiger partial charge in [-0.3, -0.25) is 4.79 Å². The number of carbonyl (C=O) groups is 2. The summed E-state index contributed by atoms with van der Waals surface area (Å²) in [6.07, 6.45) is 3.07. The summed E-state index contributed by atoms with van der Waals surface area (Å²) in [4.78, 5) is 28.5. The molecule has 142 valence electrons. The number of likely N-dealkylation sites (tertiary alicyclic amines) is 1. The fourth-order valence-corrected chi connectivity index (χ4v) is 5.13. The maximum absolute atomic E-state index is 12.5. The first kappa shape index (κ1) is 21.9. The van der Waals surface area contributed by atoms with Crippen molar-refractivity contribution in [2.75, 3.05) is 26.7 Å². The van der Waals surface area contributed by atoms with Crippen LogP contribution in [0.5, 0.6) is 0 Å². The van der Waals surface area contributed by atoms with Crippen molar-refractivity contribution < 1.29 is 57.3 Å². The molecule has 3 aliphatic heterocycles. The normalized spacial score (nSPS) is 29.7. The van der Waals surface area contributed by atoms with E-state index in [0.29, 0.717) is 24.8 Å². The third kappa shape index (κ3) is 3.75. The Morgan fingerprint density at radius 1 is 1.27 bits per heavy atom. The number of urea groups is 1. The van der Waals surface area contributed by atoms with E-state index >= 15 is 0 Å². The zero-order valence-electron chi connectivity index (χ0n) is 14.9. The van der Waals surface area contributed by atoms with Crippen LogP contribution in [0.2, 0.25) is 0 Å². The van der Waals surface area contributed by atoms with Crippen LogP contribution in [0, 0.1) is 5.41 Å². The third-order valence-electron chi connectivity index (χ3n) is 5.68. The summed E-state index contributed by atoms with van der Waals surface area (Å²) >= 11 is 0. The molecule has 4 fully saturated rings. The summed E-state index contributed by atoms with van der Waals surface area (Å²) in [5.41, 5.74) is 0.386. The fourth-order valence-electron chi connectivity index (χ4n) is 4.81. The molecule has 2 N–H and O–H groups in total. The van der Waals surface area contributed by atoms with Gasteiger partial charge in [-0.05, 0) is 38.1 Å². The Balaban J connectivity index is 0.00000121. The van der Waals surface area contributed by atoms with Gasteiger partial charge in [0.1, 0.15) is 6.04 Å². The van der Waals surface area contributed by atoms with Gasteiger partial charge >= 0.3 is 35.6 Å². The monoisotopic (exact) mass is 397 g/mol. The number of fused-ring (bicyclic) bond motifs is 2. The Morgan fingerprint density at radius 2 is 1.92 bits per heavy atom. The van der Waals surface area contributed by atoms with Crippen LogP contribution in [0.25, 0.3) is 0 Å². The van der Waals surface area contributed by atoms with E-state index in [1.165, 1.54) is 4.90 Å². The molecule has 26 heavy (non-hydrogen) atoms. The molecule has 3 amide bonds. The van der Waals surface area contributed by atoms with Crippen LogP contribution in [-0.2, 0) is 28.5 Å². The SMILES string of the molecule is CN1CC2(CC(NC(=O)[C@@H]3CC[C@@H]4CN3C(=O)N4O[S-](=O)=O)C2)C1.[Na+].[OH-]. The molecule has 1 saturated carbocycles. The smallest absolute Gasteiger partial charge is 0.870 e. The van der Waals surface area contributed by atoms with Gasteiger partial charge in [-0.1, -0.05) is 0 Å². The molecule has 3 saturated heterocycles. The van der Waals surface area contributed by atoms with Crippen LogP contribution < -0.4 is 34.9 Å². The van der Waals surface area contributed by atoms with Crippen LogP contribution in [0.15, 0.2) is 0 Å². The van der Waals surface area contributed by atoms with Crippen molar-refractivity contribution >= 4 is 22.9 Å². The van der Waals surface area contributed by atoms with Gasteiger partial charge in [-0.15, -0.1) is 0 Å². The van der Waals surface area contributed by atoms with Gasteiger partial charge in [0.25, 0.3) is 0 Å². The van der Waals surface area contributed by atoms with Crippen LogP contribution in [0.1, 0.15) is 25.7 Å². The van der Waals surface area contributed by atoms with E-state index in [2.05, 4.69) is 21.5 Å². The number of piperidine rings is 1. The van der Waals surface area contributed by atoms with Gasteiger partial charge in [0.05, 0.1) is 17.0 Å². The average Bonchev–Trinajstić information content (AvgIpc) is 2.68.